The predicted molar refractivity (Wildman–Crippen MR) is 192 cm³/mol. The van der Waals surface area contributed by atoms with Gasteiger partial charge in [-0.25, -0.2) is 0 Å². The minimum atomic E-state index is -1.53. The van der Waals surface area contributed by atoms with Gasteiger partial charge >= 0.3 is 5.97 Å². The van der Waals surface area contributed by atoms with E-state index in [0.717, 1.165) is 11.1 Å². The van der Waals surface area contributed by atoms with Gasteiger partial charge in [0.05, 0.1) is 6.42 Å². The summed E-state index contributed by atoms with van der Waals surface area (Å²) < 4.78 is 5.95. The fraction of sp³-hybridized carbons (Fsp3) is 0.368. The Bertz CT molecular complexity index is 1720. The number of aliphatic imine (C=N–C) groups is 1. The molecule has 14 nitrogen and oxygen atoms in total. The summed E-state index contributed by atoms with van der Waals surface area (Å²) in [4.78, 5) is 71.6. The van der Waals surface area contributed by atoms with Crippen molar-refractivity contribution < 1.29 is 33.8 Å². The number of nitrogens with zero attached hydrogens (tertiary/aromatic N) is 2. The molecule has 2 aliphatic heterocycles. The molecule has 0 saturated carbocycles. The number of ether oxygens (including phenoxy) is 1. The Kier molecular flexibility index (Phi) is 12.9. The smallest absolute Gasteiger partial charge is 0.305 e. The molecule has 2 aliphatic rings. The molecule has 2 saturated heterocycles. The van der Waals surface area contributed by atoms with Gasteiger partial charge in [0.2, 0.25) is 23.6 Å². The maximum Gasteiger partial charge on any atom is 0.305 e. The van der Waals surface area contributed by atoms with E-state index in [2.05, 4.69) is 20.9 Å². The highest BCUT2D eigenvalue weighted by Gasteiger charge is 2.59. The number of hydrogen-bond donors (Lipinski definition) is 6. The lowest BCUT2D eigenvalue weighted by atomic mass is 9.78. The number of guanidine groups is 1. The number of likely N-dealkylation sites (tertiary alicyclic amines) is 1. The zero-order chi connectivity index (χ0) is 37.0. The number of rotatable bonds is 18. The number of epoxide rings is 1. The van der Waals surface area contributed by atoms with E-state index >= 15 is 0 Å². The molecule has 5 rings (SSSR count). The van der Waals surface area contributed by atoms with Crippen molar-refractivity contribution in [3.05, 3.63) is 108 Å². The van der Waals surface area contributed by atoms with Gasteiger partial charge < -0.3 is 42.2 Å². The van der Waals surface area contributed by atoms with E-state index < -0.39 is 60.9 Å². The number of carboxylic acids is 1. The molecule has 3 aromatic carbocycles. The maximum absolute atomic E-state index is 14.0. The number of piperidine rings is 1. The van der Waals surface area contributed by atoms with Crippen molar-refractivity contribution in [2.24, 2.45) is 28.3 Å². The van der Waals surface area contributed by atoms with Crippen LogP contribution in [0, 0.1) is 11.8 Å². The Morgan fingerprint density at radius 2 is 1.50 bits per heavy atom. The monoisotopic (exact) mass is 711 g/mol. The van der Waals surface area contributed by atoms with Crippen LogP contribution in [-0.2, 0) is 41.6 Å². The van der Waals surface area contributed by atoms with Crippen molar-refractivity contribution in [2.45, 2.75) is 56.5 Å². The molecular formula is C38H45N7O7. The van der Waals surface area contributed by atoms with Crippen LogP contribution in [-0.4, -0.2) is 83.6 Å². The first kappa shape index (κ1) is 37.5. The van der Waals surface area contributed by atoms with E-state index in [4.69, 9.17) is 16.2 Å². The molecule has 3 aromatic rings. The second-order valence-corrected chi connectivity index (χ2v) is 13.0. The highest BCUT2D eigenvalue weighted by molar-refractivity contribution is 5.95. The third-order valence-electron chi connectivity index (χ3n) is 9.22. The quantitative estimate of drug-likeness (QED) is 0.0483. The molecule has 8 N–H and O–H groups in total. The molecule has 2 fully saturated rings. The van der Waals surface area contributed by atoms with E-state index in [-0.39, 0.29) is 23.9 Å². The van der Waals surface area contributed by atoms with Crippen molar-refractivity contribution >= 4 is 35.6 Å². The minimum Gasteiger partial charge on any atom is -0.481 e. The summed E-state index contributed by atoms with van der Waals surface area (Å²) in [5.41, 5.74) is 13.4. The summed E-state index contributed by atoms with van der Waals surface area (Å²) in [7, 11) is 0. The van der Waals surface area contributed by atoms with E-state index in [9.17, 15) is 29.1 Å². The van der Waals surface area contributed by atoms with Crippen LogP contribution >= 0.6 is 0 Å². The highest BCUT2D eigenvalue weighted by Crippen LogP contribution is 2.45. The number of nitrogens with one attached hydrogen (secondary N) is 3. The molecule has 0 aliphatic carbocycles. The van der Waals surface area contributed by atoms with E-state index in [1.165, 1.54) is 4.90 Å². The highest BCUT2D eigenvalue weighted by atomic mass is 16.6. The van der Waals surface area contributed by atoms with Crippen molar-refractivity contribution in [3.8, 4) is 0 Å². The average Bonchev–Trinajstić information content (AvgIpc) is 3.93. The van der Waals surface area contributed by atoms with Gasteiger partial charge in [-0.2, -0.15) is 0 Å². The summed E-state index contributed by atoms with van der Waals surface area (Å²) in [6.07, 6.45) is 0.566. The first-order chi connectivity index (χ1) is 25.1. The number of hydrogen-bond acceptors (Lipinski definition) is 7. The molecule has 2 heterocycles. The van der Waals surface area contributed by atoms with Crippen LogP contribution in [0.4, 0.5) is 0 Å². The topological polar surface area (TPSA) is 222 Å². The molecule has 274 valence electrons. The number of carboxylic acid groups (broad SMARTS) is 1. The number of carbonyl (C=O) groups excluding carboxylic acids is 4. The van der Waals surface area contributed by atoms with E-state index in [1.54, 1.807) is 30.3 Å². The zero-order valence-electron chi connectivity index (χ0n) is 28.7. The minimum absolute atomic E-state index is 0.00846. The molecule has 0 bridgehead atoms. The molecule has 52 heavy (non-hydrogen) atoms. The van der Waals surface area contributed by atoms with Crippen LogP contribution < -0.4 is 27.4 Å². The fourth-order valence-corrected chi connectivity index (χ4v) is 6.65. The number of carbonyl (C=O) groups is 5. The molecule has 14 heteroatoms. The van der Waals surface area contributed by atoms with Gasteiger partial charge in [0, 0.05) is 24.9 Å². The lowest BCUT2D eigenvalue weighted by molar-refractivity contribution is -0.146. The number of amides is 4. The number of nitrogens with two attached hydrogens (primary N) is 2. The van der Waals surface area contributed by atoms with Gasteiger partial charge in [0.25, 0.3) is 0 Å². The normalized spacial score (nSPS) is 20.1. The van der Waals surface area contributed by atoms with E-state index in [0.29, 0.717) is 44.3 Å². The molecule has 0 aromatic heterocycles. The van der Waals surface area contributed by atoms with Crippen LogP contribution in [0.25, 0.3) is 0 Å². The molecule has 4 amide bonds. The third kappa shape index (κ3) is 10.4. The van der Waals surface area contributed by atoms with Gasteiger partial charge in [-0.15, -0.1) is 0 Å². The number of aliphatic carboxylic acids is 1. The van der Waals surface area contributed by atoms with Crippen LogP contribution in [0.1, 0.15) is 42.0 Å². The predicted octanol–water partition coefficient (Wildman–Crippen LogP) is 1.26. The van der Waals surface area contributed by atoms with Gasteiger partial charge in [0.15, 0.2) is 12.2 Å². The maximum atomic E-state index is 14.0. The third-order valence-corrected chi connectivity index (χ3v) is 9.22. The van der Waals surface area contributed by atoms with Crippen LogP contribution in [0.3, 0.4) is 0 Å². The molecule has 0 spiro atoms. The fourth-order valence-electron chi connectivity index (χ4n) is 6.65. The van der Waals surface area contributed by atoms with Crippen molar-refractivity contribution in [1.82, 2.24) is 20.9 Å². The van der Waals surface area contributed by atoms with Crippen LogP contribution in [0.2, 0.25) is 0 Å². The van der Waals surface area contributed by atoms with Crippen molar-refractivity contribution in [3.63, 3.8) is 0 Å². The summed E-state index contributed by atoms with van der Waals surface area (Å²) >= 11 is 0. The number of fused-ring (bicyclic) bond motifs is 1. The van der Waals surface area contributed by atoms with E-state index in [1.807, 2.05) is 60.7 Å². The summed E-state index contributed by atoms with van der Waals surface area (Å²) in [6.45, 7) is 0.257. The van der Waals surface area contributed by atoms with Crippen molar-refractivity contribution in [1.29, 1.82) is 0 Å². The molecule has 6 atom stereocenters. The van der Waals surface area contributed by atoms with Gasteiger partial charge in [-0.1, -0.05) is 91.0 Å². The molecule has 3 unspecified atom stereocenters. The van der Waals surface area contributed by atoms with Gasteiger partial charge in [0.1, 0.15) is 24.7 Å². The Hall–Kier alpha value is -5.76. The Labute approximate surface area is 302 Å². The lowest BCUT2D eigenvalue weighted by Crippen LogP contribution is -2.55. The second-order valence-electron chi connectivity index (χ2n) is 13.0. The Morgan fingerprint density at radius 1 is 0.865 bits per heavy atom. The Balaban J connectivity index is 1.25. The van der Waals surface area contributed by atoms with Gasteiger partial charge in [-0.3, -0.25) is 29.0 Å². The zero-order valence-corrected chi connectivity index (χ0v) is 28.7. The first-order valence-corrected chi connectivity index (χ1v) is 17.3. The van der Waals surface area contributed by atoms with Crippen molar-refractivity contribution in [2.75, 3.05) is 19.6 Å². The molecule has 0 radical (unpaired) electrons. The summed E-state index contributed by atoms with van der Waals surface area (Å²) in [5, 5.41) is 17.6. The summed E-state index contributed by atoms with van der Waals surface area (Å²) in [6, 6.07) is 24.9. The average molecular weight is 712 g/mol. The Morgan fingerprint density at radius 3 is 2.13 bits per heavy atom. The van der Waals surface area contributed by atoms with Crippen LogP contribution in [0.5, 0.6) is 0 Å². The SMILES string of the molecule is NC(N)=NCCC[C@@H]1C(Cc2ccccc2)C(=O)N(CC(=O)N[C@H](CC(=O)O)C(=O)N[C@H](C(=O)NCCc2ccccc2)c2ccccc2)C2OC21. The lowest BCUT2D eigenvalue weighted by Gasteiger charge is -2.35. The second kappa shape index (κ2) is 17.9. The van der Waals surface area contributed by atoms with Crippen LogP contribution in [0.15, 0.2) is 96.0 Å². The standard InChI is InChI=1S/C38H45N7O7/c39-38(40)42-19-10-17-27-28(21-25-13-6-2-7-14-25)36(51)45(37-33(27)52-37)23-30(46)43-29(22-31(47)48)34(49)44-32(26-15-8-3-9-16-26)35(50)41-20-18-24-11-4-1-5-12-24/h1-9,11-16,27-29,32-33,37H,10,17-23H2,(H,41,50)(H,43,46)(H,44,49)(H,47,48)(H4,39,40,42)/t27-,28?,29-,32+,33?,37?/m1/s1. The van der Waals surface area contributed by atoms with Gasteiger partial charge in [-0.05, 0) is 42.4 Å². The number of benzene rings is 3. The first-order valence-electron chi connectivity index (χ1n) is 17.3. The molecular weight excluding hydrogens is 666 g/mol. The summed E-state index contributed by atoms with van der Waals surface area (Å²) in [5.74, 6) is -4.35. The largest absolute Gasteiger partial charge is 0.481 e.